The topological polar surface area (TPSA) is 91.7 Å². The summed E-state index contributed by atoms with van der Waals surface area (Å²) in [5.41, 5.74) is 11.2. The van der Waals surface area contributed by atoms with E-state index in [0.29, 0.717) is 22.8 Å². The number of anilines is 1. The molecule has 3 N–H and O–H groups in total. The van der Waals surface area contributed by atoms with Gasteiger partial charge in [0, 0.05) is 11.4 Å². The maximum absolute atomic E-state index is 12.4. The van der Waals surface area contributed by atoms with Crippen molar-refractivity contribution in [2.45, 2.75) is 41.0 Å². The Labute approximate surface area is 154 Å². The summed E-state index contributed by atoms with van der Waals surface area (Å²) in [4.78, 5) is 21.5. The van der Waals surface area contributed by atoms with Crippen molar-refractivity contribution < 1.29 is 4.79 Å². The van der Waals surface area contributed by atoms with Gasteiger partial charge in [-0.1, -0.05) is 19.9 Å². The number of Topliss-reactive ketones (excluding diaryl/α,β-unsaturated/α-hetero) is 1. The van der Waals surface area contributed by atoms with Crippen LogP contribution < -0.4 is 5.73 Å². The van der Waals surface area contributed by atoms with Crippen LogP contribution in [0.2, 0.25) is 0 Å². The minimum absolute atomic E-state index is 0.0163. The van der Waals surface area contributed by atoms with E-state index in [4.69, 9.17) is 11.1 Å². The number of ketones is 1. The lowest BCUT2D eigenvalue weighted by Gasteiger charge is -2.15. The number of carbonyl (C=O) groups excluding carboxylic acids is 1. The fourth-order valence-electron chi connectivity index (χ4n) is 2.58. The number of benzene rings is 1. The van der Waals surface area contributed by atoms with Crippen molar-refractivity contribution in [2.24, 2.45) is 15.9 Å². The zero-order valence-electron chi connectivity index (χ0n) is 16.1. The summed E-state index contributed by atoms with van der Waals surface area (Å²) in [6.07, 6.45) is 5.49. The highest BCUT2D eigenvalue weighted by molar-refractivity contribution is 6.50. The summed E-state index contributed by atoms with van der Waals surface area (Å²) >= 11 is 0. The van der Waals surface area contributed by atoms with E-state index >= 15 is 0 Å². The Morgan fingerprint density at radius 2 is 1.96 bits per heavy atom. The van der Waals surface area contributed by atoms with E-state index < -0.39 is 0 Å². The predicted molar refractivity (Wildman–Crippen MR) is 110 cm³/mol. The van der Waals surface area contributed by atoms with Gasteiger partial charge in [0.05, 0.1) is 23.5 Å². The van der Waals surface area contributed by atoms with Crippen LogP contribution in [0.1, 0.15) is 38.3 Å². The Balaban J connectivity index is 2.53. The number of rotatable bonds is 4. The fraction of sp³-hybridized carbons (Fsp3) is 0.333. The Morgan fingerprint density at radius 1 is 1.27 bits per heavy atom. The van der Waals surface area contributed by atoms with E-state index in [1.807, 2.05) is 52.8 Å². The fourth-order valence-corrected chi connectivity index (χ4v) is 2.58. The molecule has 1 aromatic carbocycles. The first kappa shape index (κ1) is 19.5. The summed E-state index contributed by atoms with van der Waals surface area (Å²) in [6, 6.07) is 3.61. The molecule has 0 atom stereocenters. The molecule has 136 valence electrons. The average molecular weight is 350 g/mol. The second-order valence-corrected chi connectivity index (χ2v) is 6.72. The largest absolute Gasteiger partial charge is 0.399 e. The van der Waals surface area contributed by atoms with Gasteiger partial charge in [0.25, 0.3) is 0 Å². The van der Waals surface area contributed by atoms with Crippen LogP contribution in [0.3, 0.4) is 0 Å². The molecule has 1 aliphatic rings. The van der Waals surface area contributed by atoms with Crippen molar-refractivity contribution in [1.82, 2.24) is 0 Å². The molecule has 0 bridgehead atoms. The van der Waals surface area contributed by atoms with Crippen LogP contribution in [-0.4, -0.2) is 22.9 Å². The van der Waals surface area contributed by atoms with Crippen LogP contribution in [0.4, 0.5) is 11.4 Å². The molecule has 0 spiro atoms. The van der Waals surface area contributed by atoms with Gasteiger partial charge in [0.1, 0.15) is 5.71 Å². The van der Waals surface area contributed by atoms with Crippen molar-refractivity contribution in [1.29, 1.82) is 5.41 Å². The lowest BCUT2D eigenvalue weighted by Crippen LogP contribution is -2.23. The maximum atomic E-state index is 12.4. The van der Waals surface area contributed by atoms with Crippen molar-refractivity contribution in [2.75, 3.05) is 5.73 Å². The van der Waals surface area contributed by atoms with Gasteiger partial charge in [-0.2, -0.15) is 0 Å². The summed E-state index contributed by atoms with van der Waals surface area (Å²) in [5, 5.41) is 8.13. The smallest absolute Gasteiger partial charge is 0.187 e. The minimum Gasteiger partial charge on any atom is -0.399 e. The zero-order chi connectivity index (χ0) is 19.4. The molecule has 26 heavy (non-hydrogen) atoms. The third-order valence-corrected chi connectivity index (χ3v) is 4.43. The summed E-state index contributed by atoms with van der Waals surface area (Å²) < 4.78 is 0. The SMILES string of the molecule is C/C=C\C(=NC1=CC(=Nc2ccc(N)c(C)c2C)C(=O)CC1=N)C(C)C. The normalized spacial score (nSPS) is 17.5. The molecular weight excluding hydrogens is 324 g/mol. The molecule has 0 saturated carbocycles. The monoisotopic (exact) mass is 350 g/mol. The minimum atomic E-state index is -0.167. The van der Waals surface area contributed by atoms with E-state index in [1.54, 1.807) is 12.1 Å². The standard InChI is InChI=1S/C21H26N4O/c1-6-7-17(12(2)3)24-19-11-20(21(26)10-16(19)23)25-18-9-8-15(22)13(4)14(18)5/h6-9,11-12,23H,10,22H2,1-5H3/b7-6-,23-16?,24-17?,25-20?. The average Bonchev–Trinajstić information content (AvgIpc) is 2.58. The summed E-state index contributed by atoms with van der Waals surface area (Å²) in [5.74, 6) is 0.0554. The molecular formula is C21H26N4O. The molecule has 1 aliphatic carbocycles. The highest BCUT2D eigenvalue weighted by atomic mass is 16.1. The van der Waals surface area contributed by atoms with Crippen molar-refractivity contribution >= 4 is 34.3 Å². The first-order valence-corrected chi connectivity index (χ1v) is 8.73. The number of carbonyl (C=O) groups is 1. The zero-order valence-corrected chi connectivity index (χ0v) is 16.1. The van der Waals surface area contributed by atoms with Gasteiger partial charge in [-0.3, -0.25) is 9.79 Å². The van der Waals surface area contributed by atoms with Gasteiger partial charge >= 0.3 is 0 Å². The number of nitrogens with zero attached hydrogens (tertiary/aromatic N) is 2. The molecule has 5 nitrogen and oxygen atoms in total. The van der Waals surface area contributed by atoms with Crippen LogP contribution in [0, 0.1) is 25.2 Å². The van der Waals surface area contributed by atoms with Gasteiger partial charge < -0.3 is 11.1 Å². The number of allylic oxidation sites excluding steroid dienone is 4. The van der Waals surface area contributed by atoms with E-state index in [9.17, 15) is 4.79 Å². The van der Waals surface area contributed by atoms with Crippen LogP contribution >= 0.6 is 0 Å². The number of hydrogen-bond donors (Lipinski definition) is 2. The molecule has 0 unspecified atom stereocenters. The number of aliphatic imine (C=N–C) groups is 2. The lowest BCUT2D eigenvalue weighted by molar-refractivity contribution is -0.111. The number of nitrogens with two attached hydrogens (primary N) is 1. The molecule has 0 heterocycles. The predicted octanol–water partition coefficient (Wildman–Crippen LogP) is 4.51. The lowest BCUT2D eigenvalue weighted by atomic mass is 9.98. The van der Waals surface area contributed by atoms with Crippen LogP contribution in [0.5, 0.6) is 0 Å². The second-order valence-electron chi connectivity index (χ2n) is 6.72. The van der Waals surface area contributed by atoms with Gasteiger partial charge in [0.2, 0.25) is 0 Å². The number of nitrogens with one attached hydrogen (secondary N) is 1. The van der Waals surface area contributed by atoms with Gasteiger partial charge in [-0.15, -0.1) is 0 Å². The van der Waals surface area contributed by atoms with Crippen LogP contribution in [-0.2, 0) is 4.79 Å². The van der Waals surface area contributed by atoms with Crippen LogP contribution in [0.15, 0.2) is 46.0 Å². The van der Waals surface area contributed by atoms with Gasteiger partial charge in [0.15, 0.2) is 5.78 Å². The number of hydrogen-bond acceptors (Lipinski definition) is 5. The molecule has 2 rings (SSSR count). The molecule has 5 heteroatoms. The molecule has 0 saturated heterocycles. The summed E-state index contributed by atoms with van der Waals surface area (Å²) in [7, 11) is 0. The highest BCUT2D eigenvalue weighted by Gasteiger charge is 2.22. The molecule has 0 fully saturated rings. The Kier molecular flexibility index (Phi) is 6.03. The first-order valence-electron chi connectivity index (χ1n) is 8.73. The Hall–Kier alpha value is -2.82. The van der Waals surface area contributed by atoms with Crippen molar-refractivity contribution in [3.8, 4) is 0 Å². The third-order valence-electron chi connectivity index (χ3n) is 4.43. The second kappa shape index (κ2) is 8.04. The summed E-state index contributed by atoms with van der Waals surface area (Å²) in [6.45, 7) is 9.90. The molecule has 0 amide bonds. The van der Waals surface area contributed by atoms with Gasteiger partial charge in [-0.05, 0) is 62.1 Å². The van der Waals surface area contributed by atoms with E-state index in [2.05, 4.69) is 9.98 Å². The molecule has 1 aromatic rings. The third kappa shape index (κ3) is 4.23. The molecule has 0 aromatic heterocycles. The molecule has 0 aliphatic heterocycles. The van der Waals surface area contributed by atoms with E-state index in [-0.39, 0.29) is 23.8 Å². The van der Waals surface area contributed by atoms with Crippen molar-refractivity contribution in [3.05, 3.63) is 47.2 Å². The van der Waals surface area contributed by atoms with E-state index in [1.165, 1.54) is 0 Å². The van der Waals surface area contributed by atoms with Crippen molar-refractivity contribution in [3.63, 3.8) is 0 Å². The Morgan fingerprint density at radius 3 is 2.58 bits per heavy atom. The maximum Gasteiger partial charge on any atom is 0.187 e. The van der Waals surface area contributed by atoms with Gasteiger partial charge in [-0.25, -0.2) is 4.99 Å². The number of nitrogen functional groups attached to an aromatic ring is 1. The van der Waals surface area contributed by atoms with E-state index in [0.717, 1.165) is 16.8 Å². The van der Waals surface area contributed by atoms with Crippen LogP contribution in [0.25, 0.3) is 0 Å². The Bertz CT molecular complexity index is 870. The highest BCUT2D eigenvalue weighted by Crippen LogP contribution is 2.27. The molecule has 0 radical (unpaired) electrons. The quantitative estimate of drug-likeness (QED) is 0.618. The first-order chi connectivity index (χ1) is 12.2.